The average Bonchev–Trinajstić information content (AvgIpc) is 3.20. The van der Waals surface area contributed by atoms with E-state index in [0.29, 0.717) is 44.9 Å². The Balaban J connectivity index is 1.76. The van der Waals surface area contributed by atoms with Crippen LogP contribution in [0, 0.1) is 5.92 Å². The van der Waals surface area contributed by atoms with Crippen molar-refractivity contribution in [3.63, 3.8) is 0 Å². The SMILES string of the molecule is CCCS(=O)(=O)N1CCc2nn(CC3CC3)c(=O)n2CC1. The molecule has 2 aliphatic rings. The summed E-state index contributed by atoms with van der Waals surface area (Å²) in [5.74, 6) is 1.49. The van der Waals surface area contributed by atoms with Gasteiger partial charge < -0.3 is 0 Å². The van der Waals surface area contributed by atoms with Crippen LogP contribution in [0.3, 0.4) is 0 Å². The minimum Gasteiger partial charge on any atom is -0.278 e. The molecule has 0 atom stereocenters. The van der Waals surface area contributed by atoms with Gasteiger partial charge in [0.1, 0.15) is 5.82 Å². The Kier molecular flexibility index (Phi) is 3.92. The molecule has 1 aliphatic carbocycles. The van der Waals surface area contributed by atoms with Gasteiger partial charge in [0.25, 0.3) is 0 Å². The van der Waals surface area contributed by atoms with E-state index in [1.54, 1.807) is 9.25 Å². The predicted octanol–water partition coefficient (Wildman–Crippen LogP) is 0.0527. The molecule has 0 aromatic carbocycles. The van der Waals surface area contributed by atoms with Crippen molar-refractivity contribution < 1.29 is 8.42 Å². The Bertz CT molecular complexity index is 672. The fourth-order valence-corrected chi connectivity index (χ4v) is 4.28. The van der Waals surface area contributed by atoms with Crippen LogP contribution in [-0.4, -0.2) is 45.9 Å². The molecule has 1 aromatic rings. The van der Waals surface area contributed by atoms with Crippen molar-refractivity contribution in [2.75, 3.05) is 18.8 Å². The summed E-state index contributed by atoms with van der Waals surface area (Å²) in [6.07, 6.45) is 3.47. The molecule has 0 radical (unpaired) electrons. The lowest BCUT2D eigenvalue weighted by Gasteiger charge is -2.19. The topological polar surface area (TPSA) is 77.2 Å². The first-order valence-electron chi connectivity index (χ1n) is 7.65. The monoisotopic (exact) mass is 314 g/mol. The van der Waals surface area contributed by atoms with E-state index in [0.717, 1.165) is 5.82 Å². The van der Waals surface area contributed by atoms with Gasteiger partial charge in [-0.3, -0.25) is 4.57 Å². The summed E-state index contributed by atoms with van der Waals surface area (Å²) in [4.78, 5) is 12.3. The Morgan fingerprint density at radius 1 is 1.24 bits per heavy atom. The molecule has 0 saturated heterocycles. The second-order valence-corrected chi connectivity index (χ2v) is 8.03. The smallest absolute Gasteiger partial charge is 0.278 e. The fourth-order valence-electron chi connectivity index (χ4n) is 2.77. The van der Waals surface area contributed by atoms with Gasteiger partial charge in [0.05, 0.1) is 5.75 Å². The van der Waals surface area contributed by atoms with Crippen LogP contribution >= 0.6 is 0 Å². The highest BCUT2D eigenvalue weighted by Crippen LogP contribution is 2.29. The summed E-state index contributed by atoms with van der Waals surface area (Å²) < 4.78 is 29.0. The molecule has 3 rings (SSSR count). The molecular weight excluding hydrogens is 292 g/mol. The highest BCUT2D eigenvalue weighted by atomic mass is 32.2. The van der Waals surface area contributed by atoms with E-state index in [4.69, 9.17) is 0 Å². The summed E-state index contributed by atoms with van der Waals surface area (Å²) >= 11 is 0. The second-order valence-electron chi connectivity index (χ2n) is 5.94. The average molecular weight is 314 g/mol. The second kappa shape index (κ2) is 5.57. The van der Waals surface area contributed by atoms with E-state index in [-0.39, 0.29) is 11.4 Å². The largest absolute Gasteiger partial charge is 0.345 e. The lowest BCUT2D eigenvalue weighted by Crippen LogP contribution is -2.36. The first kappa shape index (κ1) is 14.8. The number of rotatable bonds is 5. The fraction of sp³-hybridized carbons (Fsp3) is 0.846. The molecule has 1 aliphatic heterocycles. The molecule has 1 aromatic heterocycles. The summed E-state index contributed by atoms with van der Waals surface area (Å²) in [5, 5.41) is 4.40. The molecule has 0 spiro atoms. The molecule has 0 unspecified atom stereocenters. The Labute approximate surface area is 124 Å². The molecule has 2 heterocycles. The number of sulfonamides is 1. The quantitative estimate of drug-likeness (QED) is 0.769. The molecule has 0 N–H and O–H groups in total. The number of hydrogen-bond acceptors (Lipinski definition) is 4. The standard InChI is InChI=1S/C13H22N4O3S/c1-2-9-21(19,20)15-6-5-12-14-17(10-11-3-4-11)13(18)16(12)8-7-15/h11H,2-10H2,1H3. The van der Waals surface area contributed by atoms with Crippen molar-refractivity contribution >= 4 is 10.0 Å². The number of nitrogens with zero attached hydrogens (tertiary/aromatic N) is 4. The summed E-state index contributed by atoms with van der Waals surface area (Å²) in [7, 11) is -3.20. The summed E-state index contributed by atoms with van der Waals surface area (Å²) in [5.41, 5.74) is -0.0911. The van der Waals surface area contributed by atoms with E-state index in [9.17, 15) is 13.2 Å². The minimum absolute atomic E-state index is 0.0911. The Hall–Kier alpha value is -1.15. The molecule has 21 heavy (non-hydrogen) atoms. The predicted molar refractivity (Wildman–Crippen MR) is 78.6 cm³/mol. The van der Waals surface area contributed by atoms with Crippen molar-refractivity contribution in [1.82, 2.24) is 18.7 Å². The van der Waals surface area contributed by atoms with Crippen LogP contribution in [0.2, 0.25) is 0 Å². The zero-order valence-electron chi connectivity index (χ0n) is 12.4. The Morgan fingerprint density at radius 2 is 2.00 bits per heavy atom. The number of fused-ring (bicyclic) bond motifs is 1. The van der Waals surface area contributed by atoms with Gasteiger partial charge in [0.15, 0.2) is 0 Å². The van der Waals surface area contributed by atoms with Gasteiger partial charge in [-0.25, -0.2) is 17.9 Å². The molecule has 0 amide bonds. The molecule has 8 heteroatoms. The van der Waals surface area contributed by atoms with Crippen LogP contribution < -0.4 is 5.69 Å². The van der Waals surface area contributed by atoms with Gasteiger partial charge in [-0.15, -0.1) is 0 Å². The van der Waals surface area contributed by atoms with Crippen LogP contribution in [0.4, 0.5) is 0 Å². The number of aromatic nitrogens is 3. The molecule has 1 fully saturated rings. The molecular formula is C13H22N4O3S. The maximum Gasteiger partial charge on any atom is 0.345 e. The first-order chi connectivity index (χ1) is 10.0. The maximum absolute atomic E-state index is 12.3. The summed E-state index contributed by atoms with van der Waals surface area (Å²) in [6.45, 7) is 3.75. The van der Waals surface area contributed by atoms with E-state index in [1.165, 1.54) is 17.1 Å². The highest BCUT2D eigenvalue weighted by Gasteiger charge is 2.28. The molecule has 0 bridgehead atoms. The molecule has 1 saturated carbocycles. The molecule has 7 nitrogen and oxygen atoms in total. The van der Waals surface area contributed by atoms with Gasteiger partial charge in [0, 0.05) is 32.6 Å². The van der Waals surface area contributed by atoms with Crippen molar-refractivity contribution in [3.05, 3.63) is 16.3 Å². The van der Waals surface area contributed by atoms with E-state index in [2.05, 4.69) is 5.10 Å². The van der Waals surface area contributed by atoms with Crippen LogP contribution in [0.5, 0.6) is 0 Å². The maximum atomic E-state index is 12.3. The van der Waals surface area contributed by atoms with Crippen LogP contribution in [-0.2, 0) is 29.5 Å². The normalized spacial score (nSPS) is 20.2. The van der Waals surface area contributed by atoms with Crippen LogP contribution in [0.1, 0.15) is 32.0 Å². The third-order valence-corrected chi connectivity index (χ3v) is 6.22. The zero-order valence-corrected chi connectivity index (χ0v) is 13.2. The third kappa shape index (κ3) is 3.06. The van der Waals surface area contributed by atoms with Crippen molar-refractivity contribution in [2.45, 2.75) is 45.7 Å². The van der Waals surface area contributed by atoms with Gasteiger partial charge in [0.2, 0.25) is 10.0 Å². The van der Waals surface area contributed by atoms with Gasteiger partial charge in [-0.1, -0.05) is 6.92 Å². The van der Waals surface area contributed by atoms with Gasteiger partial charge >= 0.3 is 5.69 Å². The van der Waals surface area contributed by atoms with E-state index >= 15 is 0 Å². The van der Waals surface area contributed by atoms with Gasteiger partial charge in [-0.05, 0) is 25.2 Å². The third-order valence-electron chi connectivity index (χ3n) is 4.14. The summed E-state index contributed by atoms with van der Waals surface area (Å²) in [6, 6.07) is 0. The first-order valence-corrected chi connectivity index (χ1v) is 9.26. The highest BCUT2D eigenvalue weighted by molar-refractivity contribution is 7.89. The minimum atomic E-state index is -3.20. The van der Waals surface area contributed by atoms with Crippen LogP contribution in [0.25, 0.3) is 0 Å². The van der Waals surface area contributed by atoms with E-state index in [1.807, 2.05) is 6.92 Å². The van der Waals surface area contributed by atoms with Crippen molar-refractivity contribution in [2.24, 2.45) is 5.92 Å². The Morgan fingerprint density at radius 3 is 2.67 bits per heavy atom. The van der Waals surface area contributed by atoms with Crippen molar-refractivity contribution in [3.8, 4) is 0 Å². The van der Waals surface area contributed by atoms with Crippen LogP contribution in [0.15, 0.2) is 4.79 Å². The zero-order chi connectivity index (χ0) is 15.0. The van der Waals surface area contributed by atoms with E-state index < -0.39 is 10.0 Å². The number of hydrogen-bond donors (Lipinski definition) is 0. The lowest BCUT2D eigenvalue weighted by molar-refractivity contribution is 0.408. The van der Waals surface area contributed by atoms with Gasteiger partial charge in [-0.2, -0.15) is 9.40 Å². The molecule has 118 valence electrons. The lowest BCUT2D eigenvalue weighted by atomic mass is 10.4. The van der Waals surface area contributed by atoms with Crippen molar-refractivity contribution in [1.29, 1.82) is 0 Å².